The number of esters is 1. The Hall–Kier alpha value is -1.69. The molecule has 0 heterocycles. The minimum absolute atomic E-state index is 0.00439. The number of hydrogen-bond acceptors (Lipinski definition) is 4. The maximum atomic E-state index is 12.6. The molecule has 1 aromatic carbocycles. The molecule has 0 aromatic heterocycles. The van der Waals surface area contributed by atoms with Gasteiger partial charge in [0.2, 0.25) is 0 Å². The highest BCUT2D eigenvalue weighted by atomic mass is 19.3. The Labute approximate surface area is 128 Å². The average molecular weight is 313 g/mol. The molecule has 0 unspecified atom stereocenters. The van der Waals surface area contributed by atoms with Crippen LogP contribution < -0.4 is 10.5 Å². The zero-order chi connectivity index (χ0) is 16.5. The molecule has 22 heavy (non-hydrogen) atoms. The third kappa shape index (κ3) is 3.38. The van der Waals surface area contributed by atoms with E-state index >= 15 is 0 Å². The van der Waals surface area contributed by atoms with Crippen LogP contribution in [-0.4, -0.2) is 24.2 Å². The van der Waals surface area contributed by atoms with Crippen molar-refractivity contribution in [2.75, 3.05) is 0 Å². The highest BCUT2D eigenvalue weighted by molar-refractivity contribution is 5.86. The molecule has 1 aliphatic carbocycles. The van der Waals surface area contributed by atoms with Crippen LogP contribution >= 0.6 is 0 Å². The SMILES string of the molecule is CC(C)(C)OC(=O)C1(c2ccccc2OC(F)F)CC(N)C1. The predicted molar refractivity (Wildman–Crippen MR) is 77.8 cm³/mol. The Morgan fingerprint density at radius 1 is 1.32 bits per heavy atom. The maximum Gasteiger partial charge on any atom is 0.387 e. The van der Waals surface area contributed by atoms with Gasteiger partial charge in [-0.2, -0.15) is 8.78 Å². The minimum atomic E-state index is -2.95. The molecule has 1 saturated carbocycles. The van der Waals surface area contributed by atoms with E-state index in [0.29, 0.717) is 18.4 Å². The van der Waals surface area contributed by atoms with Crippen molar-refractivity contribution in [1.82, 2.24) is 0 Å². The Morgan fingerprint density at radius 3 is 2.41 bits per heavy atom. The molecule has 0 bridgehead atoms. The van der Waals surface area contributed by atoms with Crippen LogP contribution in [0, 0.1) is 0 Å². The standard InChI is InChI=1S/C16H21F2NO3/c1-15(2,3)22-13(20)16(8-10(19)9-16)11-6-4-5-7-12(11)21-14(17)18/h4-7,10,14H,8-9,19H2,1-3H3. The molecule has 1 fully saturated rings. The van der Waals surface area contributed by atoms with Crippen LogP contribution in [0.4, 0.5) is 8.78 Å². The molecule has 2 N–H and O–H groups in total. The summed E-state index contributed by atoms with van der Waals surface area (Å²) in [5.41, 5.74) is 4.58. The van der Waals surface area contributed by atoms with E-state index in [1.807, 2.05) is 0 Å². The quantitative estimate of drug-likeness (QED) is 0.868. The predicted octanol–water partition coefficient (Wildman–Crippen LogP) is 2.99. The van der Waals surface area contributed by atoms with Crippen molar-refractivity contribution in [2.45, 2.75) is 57.3 Å². The summed E-state index contributed by atoms with van der Waals surface area (Å²) in [6.07, 6.45) is 0.705. The Morgan fingerprint density at radius 2 is 1.91 bits per heavy atom. The van der Waals surface area contributed by atoms with Gasteiger partial charge >= 0.3 is 12.6 Å². The Bertz CT molecular complexity index is 549. The molecule has 0 atom stereocenters. The zero-order valence-corrected chi connectivity index (χ0v) is 12.9. The molecule has 1 aromatic rings. The van der Waals surface area contributed by atoms with Gasteiger partial charge in [-0.15, -0.1) is 0 Å². The van der Waals surface area contributed by atoms with E-state index in [2.05, 4.69) is 4.74 Å². The highest BCUT2D eigenvalue weighted by Crippen LogP contribution is 2.48. The van der Waals surface area contributed by atoms with Gasteiger partial charge in [0.1, 0.15) is 11.4 Å². The normalized spacial score (nSPS) is 24.8. The van der Waals surface area contributed by atoms with E-state index in [0.717, 1.165) is 0 Å². The fourth-order valence-electron chi connectivity index (χ4n) is 2.77. The van der Waals surface area contributed by atoms with Crippen LogP contribution in [0.15, 0.2) is 24.3 Å². The van der Waals surface area contributed by atoms with Gasteiger partial charge in [-0.05, 0) is 39.7 Å². The summed E-state index contributed by atoms with van der Waals surface area (Å²) in [6, 6.07) is 6.16. The van der Waals surface area contributed by atoms with Gasteiger partial charge in [0, 0.05) is 11.6 Å². The van der Waals surface area contributed by atoms with Crippen molar-refractivity contribution in [1.29, 1.82) is 0 Å². The van der Waals surface area contributed by atoms with E-state index in [9.17, 15) is 13.6 Å². The summed E-state index contributed by atoms with van der Waals surface area (Å²) < 4.78 is 35.2. The monoisotopic (exact) mass is 313 g/mol. The third-order valence-corrected chi connectivity index (χ3v) is 3.63. The van der Waals surface area contributed by atoms with Crippen LogP contribution in [0.1, 0.15) is 39.2 Å². The molecule has 0 amide bonds. The number of hydrogen-bond donors (Lipinski definition) is 1. The lowest BCUT2D eigenvalue weighted by molar-refractivity contribution is -0.167. The molecule has 0 radical (unpaired) electrons. The Kier molecular flexibility index (Phi) is 4.42. The molecule has 6 heteroatoms. The summed E-state index contributed by atoms with van der Waals surface area (Å²) in [5, 5.41) is 0. The van der Waals surface area contributed by atoms with Crippen molar-refractivity contribution in [3.8, 4) is 5.75 Å². The number of halogens is 2. The van der Waals surface area contributed by atoms with Crippen molar-refractivity contribution >= 4 is 5.97 Å². The van der Waals surface area contributed by atoms with E-state index in [1.54, 1.807) is 39.0 Å². The molecule has 1 aliphatic rings. The van der Waals surface area contributed by atoms with Gasteiger partial charge in [0.05, 0.1) is 5.41 Å². The van der Waals surface area contributed by atoms with Crippen molar-refractivity contribution in [2.24, 2.45) is 5.73 Å². The van der Waals surface area contributed by atoms with E-state index in [1.165, 1.54) is 6.07 Å². The van der Waals surface area contributed by atoms with Crippen LogP contribution in [0.2, 0.25) is 0 Å². The molecule has 0 aliphatic heterocycles. The molecular weight excluding hydrogens is 292 g/mol. The van der Waals surface area contributed by atoms with E-state index in [-0.39, 0.29) is 11.8 Å². The fourth-order valence-corrected chi connectivity index (χ4v) is 2.77. The summed E-state index contributed by atoms with van der Waals surface area (Å²) >= 11 is 0. The number of carbonyl (C=O) groups is 1. The smallest absolute Gasteiger partial charge is 0.387 e. The molecule has 0 saturated heterocycles. The van der Waals surface area contributed by atoms with Gasteiger partial charge in [0.15, 0.2) is 0 Å². The van der Waals surface area contributed by atoms with Gasteiger partial charge in [-0.25, -0.2) is 0 Å². The topological polar surface area (TPSA) is 61.5 Å². The first-order valence-electron chi connectivity index (χ1n) is 7.17. The second kappa shape index (κ2) is 5.83. The van der Waals surface area contributed by atoms with Crippen molar-refractivity contribution < 1.29 is 23.0 Å². The lowest BCUT2D eigenvalue weighted by Crippen LogP contribution is -2.56. The van der Waals surface area contributed by atoms with Crippen LogP contribution in [-0.2, 0) is 14.9 Å². The minimum Gasteiger partial charge on any atom is -0.459 e. The largest absolute Gasteiger partial charge is 0.459 e. The number of benzene rings is 1. The number of carbonyl (C=O) groups excluding carboxylic acids is 1. The summed E-state index contributed by atoms with van der Waals surface area (Å²) in [5.74, 6) is -0.456. The molecule has 4 nitrogen and oxygen atoms in total. The summed E-state index contributed by atoms with van der Waals surface area (Å²) in [4.78, 5) is 12.6. The second-order valence-corrected chi connectivity index (χ2v) is 6.63. The lowest BCUT2D eigenvalue weighted by Gasteiger charge is -2.45. The summed E-state index contributed by atoms with van der Waals surface area (Å²) in [7, 11) is 0. The van der Waals surface area contributed by atoms with Gasteiger partial charge < -0.3 is 15.2 Å². The zero-order valence-electron chi connectivity index (χ0n) is 12.9. The first-order valence-corrected chi connectivity index (χ1v) is 7.17. The highest BCUT2D eigenvalue weighted by Gasteiger charge is 2.53. The van der Waals surface area contributed by atoms with Gasteiger partial charge in [-0.3, -0.25) is 4.79 Å². The molecule has 0 spiro atoms. The van der Waals surface area contributed by atoms with E-state index in [4.69, 9.17) is 10.5 Å². The number of rotatable bonds is 4. The van der Waals surface area contributed by atoms with Gasteiger partial charge in [-0.1, -0.05) is 18.2 Å². The van der Waals surface area contributed by atoms with Crippen LogP contribution in [0.25, 0.3) is 0 Å². The second-order valence-electron chi connectivity index (χ2n) is 6.63. The number of para-hydroxylation sites is 1. The number of nitrogens with two attached hydrogens (primary N) is 1. The van der Waals surface area contributed by atoms with Crippen molar-refractivity contribution in [3.63, 3.8) is 0 Å². The maximum absolute atomic E-state index is 12.6. The average Bonchev–Trinajstić information content (AvgIpc) is 2.32. The lowest BCUT2D eigenvalue weighted by atomic mass is 9.61. The Balaban J connectivity index is 2.38. The van der Waals surface area contributed by atoms with E-state index < -0.39 is 23.6 Å². The molecular formula is C16H21F2NO3. The first kappa shape index (κ1) is 16.7. The number of alkyl halides is 2. The van der Waals surface area contributed by atoms with Crippen LogP contribution in [0.5, 0.6) is 5.75 Å². The first-order chi connectivity index (χ1) is 10.1. The van der Waals surface area contributed by atoms with Crippen LogP contribution in [0.3, 0.4) is 0 Å². The third-order valence-electron chi connectivity index (χ3n) is 3.63. The molecule has 2 rings (SSSR count). The number of ether oxygens (including phenoxy) is 2. The van der Waals surface area contributed by atoms with Crippen molar-refractivity contribution in [3.05, 3.63) is 29.8 Å². The fraction of sp³-hybridized carbons (Fsp3) is 0.562. The van der Waals surface area contributed by atoms with Gasteiger partial charge in [0.25, 0.3) is 0 Å². The summed E-state index contributed by atoms with van der Waals surface area (Å²) in [6.45, 7) is 2.33. The molecule has 122 valence electrons.